The number of carboxylic acid groups (broad SMARTS) is 1. The molecule has 3 atom stereocenters. The summed E-state index contributed by atoms with van der Waals surface area (Å²) in [6.07, 6.45) is 4.13. The molecule has 3 N–H and O–H groups in total. The lowest BCUT2D eigenvalue weighted by Gasteiger charge is -2.29. The Balaban J connectivity index is 1.36. The zero-order chi connectivity index (χ0) is 24.8. The molecule has 2 aliphatic carbocycles. The maximum Gasteiger partial charge on any atom is 0.407 e. The fourth-order valence-corrected chi connectivity index (χ4v) is 5.31. The van der Waals surface area contributed by atoms with E-state index in [1.807, 2.05) is 31.2 Å². The first-order chi connectivity index (χ1) is 17.0. The molecule has 0 spiro atoms. The molecular weight excluding hydrogens is 444 g/mol. The standard InChI is InChI=1S/C28H34N2O5/c1-2-3-15-25(26(31)29-19-10-8-9-18(16-19)27(32)33)30-28(34)35-17-24-22-13-6-4-11-20(22)21-12-5-7-14-23(21)24/h4-7,11-14,18-19,24-25H,2-3,8-10,15-17H2,1H3,(H,29,31)(H,30,34)(H,32,33)/t18-,19+,25-/m0/s1. The molecule has 0 aromatic heterocycles. The number of hydrogen-bond donors (Lipinski definition) is 3. The third-order valence-corrected chi connectivity index (χ3v) is 7.17. The molecule has 2 amide bonds. The van der Waals surface area contributed by atoms with Crippen molar-refractivity contribution in [2.75, 3.05) is 6.61 Å². The van der Waals surface area contributed by atoms with Crippen molar-refractivity contribution in [3.05, 3.63) is 59.7 Å². The summed E-state index contributed by atoms with van der Waals surface area (Å²) in [6, 6.07) is 15.4. The number of carboxylic acids is 1. The smallest absolute Gasteiger partial charge is 0.407 e. The van der Waals surface area contributed by atoms with Crippen molar-refractivity contribution in [1.29, 1.82) is 0 Å². The number of unbranched alkanes of at least 4 members (excludes halogenated alkanes) is 1. The van der Waals surface area contributed by atoms with E-state index in [1.165, 1.54) is 0 Å². The second kappa shape index (κ2) is 11.4. The Labute approximate surface area is 206 Å². The van der Waals surface area contributed by atoms with Crippen LogP contribution in [0.2, 0.25) is 0 Å². The quantitative estimate of drug-likeness (QED) is 0.478. The van der Waals surface area contributed by atoms with Gasteiger partial charge in [-0.25, -0.2) is 4.79 Å². The van der Waals surface area contributed by atoms with Crippen LogP contribution in [0.15, 0.2) is 48.5 Å². The number of hydrogen-bond acceptors (Lipinski definition) is 4. The summed E-state index contributed by atoms with van der Waals surface area (Å²) < 4.78 is 5.63. The summed E-state index contributed by atoms with van der Waals surface area (Å²) in [5.41, 5.74) is 4.58. The predicted molar refractivity (Wildman–Crippen MR) is 133 cm³/mol. The van der Waals surface area contributed by atoms with Crippen molar-refractivity contribution in [2.24, 2.45) is 5.92 Å². The monoisotopic (exact) mass is 478 g/mol. The van der Waals surface area contributed by atoms with Crippen LogP contribution in [0.4, 0.5) is 4.79 Å². The lowest BCUT2D eigenvalue weighted by atomic mass is 9.85. The molecule has 7 nitrogen and oxygen atoms in total. The minimum Gasteiger partial charge on any atom is -0.481 e. The van der Waals surface area contributed by atoms with Crippen LogP contribution >= 0.6 is 0 Å². The molecule has 2 aliphatic rings. The Morgan fingerprint density at radius 3 is 2.31 bits per heavy atom. The molecular formula is C28H34N2O5. The maximum absolute atomic E-state index is 13.0. The van der Waals surface area contributed by atoms with Gasteiger partial charge in [0, 0.05) is 12.0 Å². The molecule has 1 fully saturated rings. The highest BCUT2D eigenvalue weighted by atomic mass is 16.5. The Bertz CT molecular complexity index is 1020. The van der Waals surface area contributed by atoms with Gasteiger partial charge in [0.25, 0.3) is 0 Å². The van der Waals surface area contributed by atoms with E-state index in [-0.39, 0.29) is 24.5 Å². The van der Waals surface area contributed by atoms with Crippen molar-refractivity contribution < 1.29 is 24.2 Å². The number of carbonyl (C=O) groups is 3. The van der Waals surface area contributed by atoms with Crippen LogP contribution in [0.5, 0.6) is 0 Å². The van der Waals surface area contributed by atoms with Crippen molar-refractivity contribution >= 4 is 18.0 Å². The van der Waals surface area contributed by atoms with E-state index in [0.29, 0.717) is 19.3 Å². The minimum absolute atomic E-state index is 0.0498. The molecule has 4 rings (SSSR count). The van der Waals surface area contributed by atoms with Gasteiger partial charge in [-0.15, -0.1) is 0 Å². The number of benzene rings is 2. The Morgan fingerprint density at radius 1 is 1.03 bits per heavy atom. The van der Waals surface area contributed by atoms with Crippen molar-refractivity contribution in [3.63, 3.8) is 0 Å². The van der Waals surface area contributed by atoms with Crippen molar-refractivity contribution in [2.45, 2.75) is 69.9 Å². The summed E-state index contributed by atoms with van der Waals surface area (Å²) in [6.45, 7) is 2.21. The first kappa shape index (κ1) is 24.8. The summed E-state index contributed by atoms with van der Waals surface area (Å²) in [5.74, 6) is -1.57. The molecule has 1 saturated carbocycles. The molecule has 0 heterocycles. The van der Waals surface area contributed by atoms with Gasteiger partial charge >= 0.3 is 12.1 Å². The lowest BCUT2D eigenvalue weighted by Crippen LogP contribution is -2.51. The average Bonchev–Trinajstić information content (AvgIpc) is 3.19. The third kappa shape index (κ3) is 5.84. The molecule has 0 bridgehead atoms. The van der Waals surface area contributed by atoms with E-state index in [1.54, 1.807) is 0 Å². The SMILES string of the molecule is CCCC[C@H](NC(=O)OCC1c2ccccc2-c2ccccc21)C(=O)N[C@@H]1CCC[C@H](C(=O)O)C1. The zero-order valence-corrected chi connectivity index (χ0v) is 20.2. The maximum atomic E-state index is 13.0. The molecule has 2 aromatic carbocycles. The van der Waals surface area contributed by atoms with E-state index in [2.05, 4.69) is 34.9 Å². The van der Waals surface area contributed by atoms with E-state index in [4.69, 9.17) is 4.74 Å². The highest BCUT2D eigenvalue weighted by Crippen LogP contribution is 2.44. The van der Waals surface area contributed by atoms with Gasteiger partial charge in [-0.05, 0) is 47.9 Å². The van der Waals surface area contributed by atoms with Crippen LogP contribution in [0.3, 0.4) is 0 Å². The number of nitrogens with one attached hydrogen (secondary N) is 2. The molecule has 7 heteroatoms. The van der Waals surface area contributed by atoms with Crippen LogP contribution in [0.1, 0.15) is 68.9 Å². The number of rotatable bonds is 9. The molecule has 186 valence electrons. The lowest BCUT2D eigenvalue weighted by molar-refractivity contribution is -0.143. The Morgan fingerprint density at radius 2 is 1.69 bits per heavy atom. The average molecular weight is 479 g/mol. The Kier molecular flexibility index (Phi) is 8.06. The van der Waals surface area contributed by atoms with Gasteiger partial charge in [0.2, 0.25) is 5.91 Å². The van der Waals surface area contributed by atoms with Crippen molar-refractivity contribution in [1.82, 2.24) is 10.6 Å². The first-order valence-corrected chi connectivity index (χ1v) is 12.6. The van der Waals surface area contributed by atoms with Gasteiger partial charge in [0.15, 0.2) is 0 Å². The van der Waals surface area contributed by atoms with Crippen LogP contribution in [-0.4, -0.2) is 41.8 Å². The van der Waals surface area contributed by atoms with Gasteiger partial charge in [-0.1, -0.05) is 74.7 Å². The summed E-state index contributed by atoms with van der Waals surface area (Å²) in [4.78, 5) is 37.1. The van der Waals surface area contributed by atoms with Gasteiger partial charge < -0.3 is 20.5 Å². The molecule has 0 radical (unpaired) electrons. The van der Waals surface area contributed by atoms with Crippen LogP contribution in [0, 0.1) is 5.92 Å². The summed E-state index contributed by atoms with van der Waals surface area (Å²) >= 11 is 0. The fraction of sp³-hybridized carbons (Fsp3) is 0.464. The number of alkyl carbamates (subject to hydrolysis) is 1. The van der Waals surface area contributed by atoms with E-state index < -0.39 is 24.0 Å². The second-order valence-electron chi connectivity index (χ2n) is 9.57. The zero-order valence-electron chi connectivity index (χ0n) is 20.2. The van der Waals surface area contributed by atoms with Crippen LogP contribution in [0.25, 0.3) is 11.1 Å². The number of fused-ring (bicyclic) bond motifs is 3. The van der Waals surface area contributed by atoms with Crippen LogP contribution in [-0.2, 0) is 14.3 Å². The fourth-order valence-electron chi connectivity index (χ4n) is 5.31. The summed E-state index contributed by atoms with van der Waals surface area (Å²) in [7, 11) is 0. The molecule has 0 aliphatic heterocycles. The van der Waals surface area contributed by atoms with E-state index in [0.717, 1.165) is 47.9 Å². The van der Waals surface area contributed by atoms with E-state index in [9.17, 15) is 19.5 Å². The van der Waals surface area contributed by atoms with Gasteiger partial charge in [0.1, 0.15) is 12.6 Å². The Hall–Kier alpha value is -3.35. The first-order valence-electron chi connectivity index (χ1n) is 12.6. The number of amides is 2. The molecule has 35 heavy (non-hydrogen) atoms. The van der Waals surface area contributed by atoms with E-state index >= 15 is 0 Å². The topological polar surface area (TPSA) is 105 Å². The third-order valence-electron chi connectivity index (χ3n) is 7.17. The normalized spacial score (nSPS) is 19.8. The van der Waals surface area contributed by atoms with Gasteiger partial charge in [-0.2, -0.15) is 0 Å². The number of aliphatic carboxylic acids is 1. The van der Waals surface area contributed by atoms with Crippen molar-refractivity contribution in [3.8, 4) is 11.1 Å². The highest BCUT2D eigenvalue weighted by Gasteiger charge is 2.31. The highest BCUT2D eigenvalue weighted by molar-refractivity contribution is 5.86. The minimum atomic E-state index is -0.816. The number of ether oxygens (including phenoxy) is 1. The van der Waals surface area contributed by atoms with Gasteiger partial charge in [-0.3, -0.25) is 9.59 Å². The van der Waals surface area contributed by atoms with Crippen LogP contribution < -0.4 is 10.6 Å². The second-order valence-corrected chi connectivity index (χ2v) is 9.57. The predicted octanol–water partition coefficient (Wildman–Crippen LogP) is 4.84. The molecule has 2 aromatic rings. The largest absolute Gasteiger partial charge is 0.481 e. The number of carbonyl (C=O) groups excluding carboxylic acids is 2. The molecule has 0 unspecified atom stereocenters. The summed E-state index contributed by atoms with van der Waals surface area (Å²) in [5, 5.41) is 15.0. The molecule has 0 saturated heterocycles. The van der Waals surface area contributed by atoms with Gasteiger partial charge in [0.05, 0.1) is 5.92 Å².